The van der Waals surface area contributed by atoms with Gasteiger partial charge in [-0.1, -0.05) is 0 Å². The lowest BCUT2D eigenvalue weighted by molar-refractivity contribution is -0.282. The van der Waals surface area contributed by atoms with Gasteiger partial charge in [0, 0.05) is 11.5 Å². The van der Waals surface area contributed by atoms with E-state index in [0.717, 1.165) is 28.1 Å². The van der Waals surface area contributed by atoms with Gasteiger partial charge < -0.3 is 9.47 Å². The summed E-state index contributed by atoms with van der Waals surface area (Å²) in [6.45, 7) is 2.80. The molecule has 1 aromatic heterocycles. The molecule has 5 heteroatoms. The summed E-state index contributed by atoms with van der Waals surface area (Å²) in [6, 6.07) is 7.53. The molecule has 0 saturated carbocycles. The van der Waals surface area contributed by atoms with Gasteiger partial charge in [0.05, 0.1) is 32.0 Å². The van der Waals surface area contributed by atoms with Crippen LogP contribution in [-0.2, 0) is 16.4 Å². The lowest BCUT2D eigenvalue weighted by Crippen LogP contribution is -1.99. The summed E-state index contributed by atoms with van der Waals surface area (Å²) < 4.78 is 10.9. The molecule has 0 aliphatic heterocycles. The Labute approximate surface area is 112 Å². The monoisotopic (exact) mass is 263 g/mol. The standard InChI is InChI=1S/C14H17NO4/c1-4-18-14-7-10(9-19-17-3)15-13-6-5-11(16-2)8-12(13)14/h5-8H,4,9H2,1-3H3. The molecule has 2 aromatic rings. The summed E-state index contributed by atoms with van der Waals surface area (Å²) in [7, 11) is 3.10. The van der Waals surface area contributed by atoms with Crippen molar-refractivity contribution >= 4 is 10.9 Å². The minimum Gasteiger partial charge on any atom is -0.497 e. The maximum absolute atomic E-state index is 5.65. The fraction of sp³-hybridized carbons (Fsp3) is 0.357. The minimum absolute atomic E-state index is 0.276. The molecule has 19 heavy (non-hydrogen) atoms. The fourth-order valence-electron chi connectivity index (χ4n) is 1.82. The number of benzene rings is 1. The summed E-state index contributed by atoms with van der Waals surface area (Å²) in [5, 5.41) is 0.919. The van der Waals surface area contributed by atoms with E-state index in [0.29, 0.717) is 6.61 Å². The Kier molecular flexibility index (Phi) is 4.54. The van der Waals surface area contributed by atoms with Crippen molar-refractivity contribution in [2.24, 2.45) is 0 Å². The van der Waals surface area contributed by atoms with Crippen molar-refractivity contribution in [3.05, 3.63) is 30.0 Å². The number of ether oxygens (including phenoxy) is 2. The molecular formula is C14H17NO4. The number of pyridine rings is 1. The SMILES string of the molecule is CCOc1cc(COOC)nc2ccc(OC)cc12. The van der Waals surface area contributed by atoms with Gasteiger partial charge in [-0.2, -0.15) is 0 Å². The van der Waals surface area contributed by atoms with Crippen LogP contribution in [0.3, 0.4) is 0 Å². The highest BCUT2D eigenvalue weighted by Gasteiger charge is 2.08. The van der Waals surface area contributed by atoms with Gasteiger partial charge in [0.15, 0.2) is 0 Å². The molecule has 0 bridgehead atoms. The van der Waals surface area contributed by atoms with E-state index >= 15 is 0 Å². The Morgan fingerprint density at radius 1 is 1.16 bits per heavy atom. The average Bonchev–Trinajstić information content (AvgIpc) is 2.45. The van der Waals surface area contributed by atoms with Gasteiger partial charge in [-0.25, -0.2) is 14.8 Å². The third kappa shape index (κ3) is 3.13. The molecule has 0 amide bonds. The van der Waals surface area contributed by atoms with Gasteiger partial charge in [-0.3, -0.25) is 0 Å². The van der Waals surface area contributed by atoms with Gasteiger partial charge in [0.1, 0.15) is 18.1 Å². The van der Waals surface area contributed by atoms with Crippen LogP contribution >= 0.6 is 0 Å². The van der Waals surface area contributed by atoms with Crippen LogP contribution in [-0.4, -0.2) is 25.8 Å². The van der Waals surface area contributed by atoms with Crippen molar-refractivity contribution in [2.45, 2.75) is 13.5 Å². The van der Waals surface area contributed by atoms with Crippen LogP contribution in [0.2, 0.25) is 0 Å². The van der Waals surface area contributed by atoms with Crippen LogP contribution in [0.15, 0.2) is 24.3 Å². The zero-order valence-electron chi connectivity index (χ0n) is 11.3. The molecule has 2 rings (SSSR count). The zero-order chi connectivity index (χ0) is 13.7. The Morgan fingerprint density at radius 3 is 2.68 bits per heavy atom. The van der Waals surface area contributed by atoms with E-state index in [1.807, 2.05) is 31.2 Å². The number of hydrogen-bond donors (Lipinski definition) is 0. The molecule has 0 N–H and O–H groups in total. The molecule has 0 aliphatic carbocycles. The normalized spacial score (nSPS) is 10.7. The van der Waals surface area contributed by atoms with E-state index in [1.165, 1.54) is 7.11 Å². The van der Waals surface area contributed by atoms with Gasteiger partial charge in [0.25, 0.3) is 0 Å². The maximum atomic E-state index is 5.65. The third-order valence-electron chi connectivity index (χ3n) is 2.66. The first-order valence-electron chi connectivity index (χ1n) is 6.04. The average molecular weight is 263 g/mol. The van der Waals surface area contributed by atoms with E-state index < -0.39 is 0 Å². The highest BCUT2D eigenvalue weighted by Crippen LogP contribution is 2.29. The molecule has 0 saturated heterocycles. The second kappa shape index (κ2) is 6.36. The number of fused-ring (bicyclic) bond motifs is 1. The molecule has 0 aliphatic rings. The van der Waals surface area contributed by atoms with Gasteiger partial charge in [0.2, 0.25) is 0 Å². The molecule has 1 heterocycles. The van der Waals surface area contributed by atoms with Gasteiger partial charge in [-0.05, 0) is 25.1 Å². The highest BCUT2D eigenvalue weighted by molar-refractivity contribution is 5.86. The van der Waals surface area contributed by atoms with Gasteiger partial charge in [-0.15, -0.1) is 0 Å². The van der Waals surface area contributed by atoms with Crippen molar-refractivity contribution in [3.63, 3.8) is 0 Å². The van der Waals surface area contributed by atoms with Crippen molar-refractivity contribution in [3.8, 4) is 11.5 Å². The first-order valence-corrected chi connectivity index (χ1v) is 6.04. The summed E-state index contributed by atoms with van der Waals surface area (Å²) in [6.07, 6.45) is 0. The van der Waals surface area contributed by atoms with Crippen molar-refractivity contribution in [1.82, 2.24) is 4.98 Å². The van der Waals surface area contributed by atoms with E-state index in [9.17, 15) is 0 Å². The van der Waals surface area contributed by atoms with Crippen molar-refractivity contribution < 1.29 is 19.2 Å². The van der Waals surface area contributed by atoms with Crippen LogP contribution in [0, 0.1) is 0 Å². The molecule has 0 radical (unpaired) electrons. The molecule has 0 spiro atoms. The first-order chi connectivity index (χ1) is 9.28. The van der Waals surface area contributed by atoms with E-state index in [-0.39, 0.29) is 6.61 Å². The number of aromatic nitrogens is 1. The Balaban J connectivity index is 2.48. The molecule has 0 atom stereocenters. The minimum atomic E-state index is 0.276. The Hall–Kier alpha value is -1.85. The maximum Gasteiger partial charge on any atom is 0.130 e. The zero-order valence-corrected chi connectivity index (χ0v) is 11.3. The number of rotatable bonds is 6. The molecule has 102 valence electrons. The van der Waals surface area contributed by atoms with Crippen LogP contribution in [0.1, 0.15) is 12.6 Å². The molecule has 0 unspecified atom stereocenters. The lowest BCUT2D eigenvalue weighted by atomic mass is 10.1. The lowest BCUT2D eigenvalue weighted by Gasteiger charge is -2.11. The summed E-state index contributed by atoms with van der Waals surface area (Å²) in [4.78, 5) is 14.0. The van der Waals surface area contributed by atoms with E-state index in [1.54, 1.807) is 7.11 Å². The van der Waals surface area contributed by atoms with Crippen LogP contribution in [0.25, 0.3) is 10.9 Å². The largest absolute Gasteiger partial charge is 0.497 e. The predicted molar refractivity (Wildman–Crippen MR) is 71.3 cm³/mol. The second-order valence-electron chi connectivity index (χ2n) is 3.86. The second-order valence-corrected chi connectivity index (χ2v) is 3.86. The molecule has 1 aromatic carbocycles. The summed E-state index contributed by atoms with van der Waals surface area (Å²) >= 11 is 0. The van der Waals surface area contributed by atoms with E-state index in [4.69, 9.17) is 14.4 Å². The highest BCUT2D eigenvalue weighted by atomic mass is 17.2. The Morgan fingerprint density at radius 2 is 2.00 bits per heavy atom. The topological polar surface area (TPSA) is 49.8 Å². The molecule has 5 nitrogen and oxygen atoms in total. The van der Waals surface area contributed by atoms with Crippen LogP contribution in [0.4, 0.5) is 0 Å². The predicted octanol–water partition coefficient (Wildman–Crippen LogP) is 2.72. The van der Waals surface area contributed by atoms with Crippen molar-refractivity contribution in [1.29, 1.82) is 0 Å². The van der Waals surface area contributed by atoms with Crippen LogP contribution < -0.4 is 9.47 Å². The smallest absolute Gasteiger partial charge is 0.130 e. The fourth-order valence-corrected chi connectivity index (χ4v) is 1.82. The third-order valence-corrected chi connectivity index (χ3v) is 2.66. The number of nitrogens with zero attached hydrogens (tertiary/aromatic N) is 1. The number of methoxy groups -OCH3 is 1. The van der Waals surface area contributed by atoms with Crippen LogP contribution in [0.5, 0.6) is 11.5 Å². The first kappa shape index (κ1) is 13.6. The van der Waals surface area contributed by atoms with E-state index in [2.05, 4.69) is 9.87 Å². The molecular weight excluding hydrogens is 246 g/mol. The summed E-state index contributed by atoms with van der Waals surface area (Å²) in [5.41, 5.74) is 1.59. The molecule has 0 fully saturated rings. The van der Waals surface area contributed by atoms with Crippen molar-refractivity contribution in [2.75, 3.05) is 20.8 Å². The van der Waals surface area contributed by atoms with Gasteiger partial charge >= 0.3 is 0 Å². The Bertz CT molecular complexity index is 556. The quantitative estimate of drug-likeness (QED) is 0.592. The number of hydrogen-bond acceptors (Lipinski definition) is 5. The summed E-state index contributed by atoms with van der Waals surface area (Å²) in [5.74, 6) is 1.54.